The molecule has 1 atom stereocenters. The van der Waals surface area contributed by atoms with E-state index >= 15 is 0 Å². The molecule has 85 valence electrons. The van der Waals surface area contributed by atoms with E-state index in [1.807, 2.05) is 54.6 Å². The highest BCUT2D eigenvalue weighted by Gasteiger charge is 2.13. The van der Waals surface area contributed by atoms with Gasteiger partial charge in [-0.3, -0.25) is 4.79 Å². The molecular formula is C15H14NO. The van der Waals surface area contributed by atoms with Crippen LogP contribution in [-0.2, 0) is 11.3 Å². The highest BCUT2D eigenvalue weighted by atomic mass is 16.1. The van der Waals surface area contributed by atoms with Gasteiger partial charge >= 0.3 is 0 Å². The molecule has 0 aliphatic carbocycles. The Kier molecular flexibility index (Phi) is 3.68. The molecule has 0 saturated heterocycles. The van der Waals surface area contributed by atoms with E-state index in [9.17, 15) is 4.79 Å². The fourth-order valence-corrected chi connectivity index (χ4v) is 1.87. The zero-order valence-corrected chi connectivity index (χ0v) is 9.47. The molecule has 1 radical (unpaired) electrons. The molecular weight excluding hydrogens is 210 g/mol. The van der Waals surface area contributed by atoms with Crippen LogP contribution in [0, 0.1) is 0 Å². The van der Waals surface area contributed by atoms with Gasteiger partial charge in [0.05, 0.1) is 5.92 Å². The van der Waals surface area contributed by atoms with Crippen molar-refractivity contribution in [3.05, 3.63) is 71.3 Å². The summed E-state index contributed by atoms with van der Waals surface area (Å²) in [6, 6.07) is 17.4. The molecule has 0 saturated carbocycles. The average Bonchev–Trinajstić information content (AvgIpc) is 2.41. The van der Waals surface area contributed by atoms with E-state index in [1.165, 1.54) is 0 Å². The van der Waals surface area contributed by atoms with Crippen LogP contribution in [0.5, 0.6) is 0 Å². The number of hydrogen-bond donors (Lipinski definition) is 1. The van der Waals surface area contributed by atoms with Crippen molar-refractivity contribution >= 4 is 6.29 Å². The van der Waals surface area contributed by atoms with Gasteiger partial charge in [-0.1, -0.05) is 54.6 Å². The predicted molar refractivity (Wildman–Crippen MR) is 68.3 cm³/mol. The molecule has 0 bridgehead atoms. The molecule has 0 aliphatic heterocycles. The number of benzene rings is 2. The molecule has 1 unspecified atom stereocenters. The molecule has 0 spiro atoms. The molecule has 2 aromatic carbocycles. The van der Waals surface area contributed by atoms with Gasteiger partial charge in [-0.25, -0.2) is 0 Å². The molecule has 2 rings (SSSR count). The second-order valence-electron chi connectivity index (χ2n) is 3.91. The first-order valence-electron chi connectivity index (χ1n) is 5.56. The Morgan fingerprint density at radius 2 is 1.71 bits per heavy atom. The number of rotatable bonds is 4. The second-order valence-corrected chi connectivity index (χ2v) is 3.91. The standard InChI is InChI=1S/C15H14NO/c16-10-12-5-4-8-14(9-12)15(11-17)13-6-2-1-3-7-13/h1-9,15H,10,16H2. The topological polar surface area (TPSA) is 43.1 Å². The van der Waals surface area contributed by atoms with Crippen LogP contribution in [0.15, 0.2) is 54.6 Å². The first kappa shape index (κ1) is 11.6. The summed E-state index contributed by atoms with van der Waals surface area (Å²) >= 11 is 0. The number of hydrogen-bond acceptors (Lipinski definition) is 2. The highest BCUT2D eigenvalue weighted by Crippen LogP contribution is 2.23. The molecule has 2 nitrogen and oxygen atoms in total. The van der Waals surface area contributed by atoms with Crippen molar-refractivity contribution in [2.45, 2.75) is 12.5 Å². The zero-order chi connectivity index (χ0) is 12.1. The van der Waals surface area contributed by atoms with Crippen molar-refractivity contribution in [3.63, 3.8) is 0 Å². The highest BCUT2D eigenvalue weighted by molar-refractivity contribution is 5.69. The summed E-state index contributed by atoms with van der Waals surface area (Å²) in [4.78, 5) is 11.1. The van der Waals surface area contributed by atoms with E-state index in [-0.39, 0.29) is 5.92 Å². The SMILES string of the molecule is NCc1cccc(C([C]=O)c2ccccc2)c1. The Morgan fingerprint density at radius 1 is 1.00 bits per heavy atom. The van der Waals surface area contributed by atoms with Crippen molar-refractivity contribution in [2.24, 2.45) is 5.73 Å². The van der Waals surface area contributed by atoms with Crippen molar-refractivity contribution < 1.29 is 4.79 Å². The molecule has 2 N–H and O–H groups in total. The Morgan fingerprint density at radius 3 is 2.35 bits per heavy atom. The lowest BCUT2D eigenvalue weighted by molar-refractivity contribution is 0.549. The van der Waals surface area contributed by atoms with Gasteiger partial charge in [0.1, 0.15) is 0 Å². The molecule has 0 aromatic heterocycles. The van der Waals surface area contributed by atoms with E-state index < -0.39 is 0 Å². The third kappa shape index (κ3) is 2.60. The van der Waals surface area contributed by atoms with Crippen LogP contribution in [0.3, 0.4) is 0 Å². The van der Waals surface area contributed by atoms with Crippen LogP contribution in [0.2, 0.25) is 0 Å². The molecule has 17 heavy (non-hydrogen) atoms. The first-order valence-corrected chi connectivity index (χ1v) is 5.56. The summed E-state index contributed by atoms with van der Waals surface area (Å²) in [6.45, 7) is 0.480. The fourth-order valence-electron chi connectivity index (χ4n) is 1.87. The summed E-state index contributed by atoms with van der Waals surface area (Å²) < 4.78 is 0. The summed E-state index contributed by atoms with van der Waals surface area (Å²) in [5, 5.41) is 0. The van der Waals surface area contributed by atoms with Crippen molar-refractivity contribution in [1.29, 1.82) is 0 Å². The van der Waals surface area contributed by atoms with Gasteiger partial charge in [0.25, 0.3) is 0 Å². The van der Waals surface area contributed by atoms with E-state index in [2.05, 4.69) is 6.29 Å². The monoisotopic (exact) mass is 224 g/mol. The maximum absolute atomic E-state index is 11.1. The summed E-state index contributed by atoms with van der Waals surface area (Å²) in [7, 11) is 0. The molecule has 2 heteroatoms. The van der Waals surface area contributed by atoms with Crippen molar-refractivity contribution in [1.82, 2.24) is 0 Å². The van der Waals surface area contributed by atoms with Crippen LogP contribution in [-0.4, -0.2) is 6.29 Å². The van der Waals surface area contributed by atoms with Gasteiger partial charge in [0.2, 0.25) is 6.29 Å². The van der Waals surface area contributed by atoms with Crippen LogP contribution < -0.4 is 5.73 Å². The minimum atomic E-state index is -0.331. The summed E-state index contributed by atoms with van der Waals surface area (Å²) in [5.41, 5.74) is 8.52. The quantitative estimate of drug-likeness (QED) is 0.866. The number of carbonyl (C=O) groups excluding carboxylic acids is 1. The van der Waals surface area contributed by atoms with Gasteiger partial charge in [0.15, 0.2) is 0 Å². The van der Waals surface area contributed by atoms with Crippen LogP contribution in [0.25, 0.3) is 0 Å². The third-order valence-corrected chi connectivity index (χ3v) is 2.77. The summed E-state index contributed by atoms with van der Waals surface area (Å²) in [5.74, 6) is -0.331. The third-order valence-electron chi connectivity index (χ3n) is 2.77. The predicted octanol–water partition coefficient (Wildman–Crippen LogP) is 2.39. The van der Waals surface area contributed by atoms with E-state index in [0.717, 1.165) is 16.7 Å². The average molecular weight is 224 g/mol. The lowest BCUT2D eigenvalue weighted by Gasteiger charge is -2.11. The lowest BCUT2D eigenvalue weighted by atomic mass is 9.92. The molecule has 0 fully saturated rings. The first-order chi connectivity index (χ1) is 8.35. The smallest absolute Gasteiger partial charge is 0.211 e. The van der Waals surface area contributed by atoms with Gasteiger partial charge in [0, 0.05) is 6.54 Å². The Labute approximate surface area is 101 Å². The fraction of sp³-hybridized carbons (Fsp3) is 0.133. The van der Waals surface area contributed by atoms with Gasteiger partial charge in [-0.15, -0.1) is 0 Å². The largest absolute Gasteiger partial charge is 0.326 e. The molecule has 2 aromatic rings. The van der Waals surface area contributed by atoms with Crippen molar-refractivity contribution in [3.8, 4) is 0 Å². The Hall–Kier alpha value is -1.93. The Balaban J connectivity index is 2.38. The minimum Gasteiger partial charge on any atom is -0.326 e. The van der Waals surface area contributed by atoms with Crippen molar-refractivity contribution in [2.75, 3.05) is 0 Å². The second kappa shape index (κ2) is 5.41. The summed E-state index contributed by atoms with van der Waals surface area (Å²) in [6.07, 6.45) is 2.10. The minimum absolute atomic E-state index is 0.331. The van der Waals surface area contributed by atoms with Crippen LogP contribution in [0.1, 0.15) is 22.6 Å². The van der Waals surface area contributed by atoms with Crippen LogP contribution in [0.4, 0.5) is 0 Å². The maximum Gasteiger partial charge on any atom is 0.211 e. The van der Waals surface area contributed by atoms with Gasteiger partial charge in [-0.2, -0.15) is 0 Å². The van der Waals surface area contributed by atoms with E-state index in [4.69, 9.17) is 5.73 Å². The lowest BCUT2D eigenvalue weighted by Crippen LogP contribution is -2.04. The van der Waals surface area contributed by atoms with E-state index in [1.54, 1.807) is 0 Å². The van der Waals surface area contributed by atoms with Crippen LogP contribution >= 0.6 is 0 Å². The van der Waals surface area contributed by atoms with Gasteiger partial charge < -0.3 is 5.73 Å². The zero-order valence-electron chi connectivity index (χ0n) is 9.47. The normalized spacial score (nSPS) is 12.1. The maximum atomic E-state index is 11.1. The molecule has 0 amide bonds. The van der Waals surface area contributed by atoms with Gasteiger partial charge in [-0.05, 0) is 16.7 Å². The van der Waals surface area contributed by atoms with E-state index in [0.29, 0.717) is 6.54 Å². The molecule has 0 aliphatic rings. The number of nitrogens with two attached hydrogens (primary N) is 1. The Bertz CT molecular complexity index is 493. The molecule has 0 heterocycles.